The number of aromatic nitrogens is 3. The Morgan fingerprint density at radius 3 is 2.81 bits per heavy atom. The van der Waals surface area contributed by atoms with Crippen molar-refractivity contribution in [3.63, 3.8) is 0 Å². The van der Waals surface area contributed by atoms with Crippen LogP contribution in [-0.2, 0) is 4.74 Å². The number of methoxy groups -OCH3 is 1. The number of benzene rings is 1. The molecule has 2 heterocycles. The molecular formula is C18H14BrN3O3S. The molecule has 1 aliphatic rings. The fourth-order valence-electron chi connectivity index (χ4n) is 2.98. The van der Waals surface area contributed by atoms with E-state index in [-0.39, 0.29) is 17.0 Å². The molecule has 1 saturated carbocycles. The van der Waals surface area contributed by atoms with Crippen LogP contribution in [0.3, 0.4) is 0 Å². The van der Waals surface area contributed by atoms with E-state index in [0.29, 0.717) is 16.1 Å². The zero-order chi connectivity index (χ0) is 18.4. The third-order valence-corrected chi connectivity index (χ3v) is 5.12. The minimum absolute atomic E-state index is 0.179. The summed E-state index contributed by atoms with van der Waals surface area (Å²) in [7, 11) is 1.29. The van der Waals surface area contributed by atoms with E-state index in [2.05, 4.69) is 20.9 Å². The minimum atomic E-state index is -0.585. The zero-order valence-corrected chi connectivity index (χ0v) is 16.2. The van der Waals surface area contributed by atoms with Crippen molar-refractivity contribution in [2.75, 3.05) is 7.11 Å². The second-order valence-corrected chi connectivity index (χ2v) is 7.42. The Morgan fingerprint density at radius 2 is 2.15 bits per heavy atom. The lowest BCUT2D eigenvalue weighted by atomic mass is 10.1. The van der Waals surface area contributed by atoms with E-state index in [1.165, 1.54) is 7.11 Å². The first kappa shape index (κ1) is 17.1. The van der Waals surface area contributed by atoms with Crippen molar-refractivity contribution in [1.29, 1.82) is 0 Å². The number of carbonyl (C=O) groups excluding carboxylic acids is 1. The van der Waals surface area contributed by atoms with Gasteiger partial charge in [-0.2, -0.15) is 0 Å². The second kappa shape index (κ2) is 6.44. The molecule has 8 heteroatoms. The summed E-state index contributed by atoms with van der Waals surface area (Å²) in [6, 6.07) is 9.36. The van der Waals surface area contributed by atoms with Crippen molar-refractivity contribution in [2.24, 2.45) is 0 Å². The largest absolute Gasteiger partial charge is 0.465 e. The standard InChI is InChI=1S/C18H14BrN3O3S/c1-25-17(24)12-8-13(9-3-2-4-10(19)7-9)20-15-14(12)16(23)21-18(26)22(15)11-5-6-11/h2-4,7-8,11H,5-6H2,1H3,(H,21,23,26). The van der Waals surface area contributed by atoms with Gasteiger partial charge < -0.3 is 4.74 Å². The predicted octanol–water partition coefficient (Wildman–Crippen LogP) is 4.01. The van der Waals surface area contributed by atoms with Crippen molar-refractivity contribution in [3.8, 4) is 11.3 Å². The van der Waals surface area contributed by atoms with E-state index in [1.54, 1.807) is 6.07 Å². The number of hydrogen-bond donors (Lipinski definition) is 1. The van der Waals surface area contributed by atoms with E-state index < -0.39 is 11.5 Å². The highest BCUT2D eigenvalue weighted by molar-refractivity contribution is 9.10. The molecule has 0 aliphatic heterocycles. The molecule has 1 N–H and O–H groups in total. The summed E-state index contributed by atoms with van der Waals surface area (Å²) >= 11 is 8.79. The van der Waals surface area contributed by atoms with Gasteiger partial charge in [0.05, 0.1) is 23.8 Å². The van der Waals surface area contributed by atoms with Gasteiger partial charge >= 0.3 is 5.97 Å². The SMILES string of the molecule is COC(=O)c1cc(-c2cccc(Br)c2)nc2c1c(=O)[nH]c(=S)n2C1CC1. The summed E-state index contributed by atoms with van der Waals surface area (Å²) in [4.78, 5) is 32.3. The zero-order valence-electron chi connectivity index (χ0n) is 13.8. The van der Waals surface area contributed by atoms with Crippen LogP contribution in [0.2, 0.25) is 0 Å². The maximum atomic E-state index is 12.5. The third kappa shape index (κ3) is 2.89. The second-order valence-electron chi connectivity index (χ2n) is 6.12. The molecule has 0 saturated heterocycles. The van der Waals surface area contributed by atoms with Crippen LogP contribution in [0.4, 0.5) is 0 Å². The number of aromatic amines is 1. The average molecular weight is 432 g/mol. The first-order valence-electron chi connectivity index (χ1n) is 8.03. The van der Waals surface area contributed by atoms with E-state index in [0.717, 1.165) is 22.9 Å². The molecular weight excluding hydrogens is 418 g/mol. The number of nitrogens with zero attached hydrogens (tertiary/aromatic N) is 2. The molecule has 132 valence electrons. The Morgan fingerprint density at radius 1 is 1.38 bits per heavy atom. The number of fused-ring (bicyclic) bond motifs is 1. The molecule has 0 unspecified atom stereocenters. The van der Waals surface area contributed by atoms with Gasteiger partial charge in [0.2, 0.25) is 0 Å². The maximum absolute atomic E-state index is 12.5. The van der Waals surface area contributed by atoms with Crippen molar-refractivity contribution >= 4 is 45.2 Å². The number of halogens is 1. The number of esters is 1. The number of ether oxygens (including phenoxy) is 1. The summed E-state index contributed by atoms with van der Waals surface area (Å²) in [5.74, 6) is -0.585. The van der Waals surface area contributed by atoms with Crippen LogP contribution in [0.1, 0.15) is 29.2 Å². The molecule has 2 aromatic heterocycles. The van der Waals surface area contributed by atoms with Gasteiger partial charge in [-0.1, -0.05) is 28.1 Å². The molecule has 0 radical (unpaired) electrons. The lowest BCUT2D eigenvalue weighted by Gasteiger charge is -2.13. The highest BCUT2D eigenvalue weighted by Gasteiger charge is 2.28. The van der Waals surface area contributed by atoms with Crippen molar-refractivity contribution in [3.05, 3.63) is 55.5 Å². The Kier molecular flexibility index (Phi) is 4.24. The van der Waals surface area contributed by atoms with Crippen LogP contribution >= 0.6 is 28.1 Å². The van der Waals surface area contributed by atoms with Crippen LogP contribution in [0.5, 0.6) is 0 Å². The summed E-state index contributed by atoms with van der Waals surface area (Å²) in [5, 5.41) is 0.205. The number of pyridine rings is 1. The molecule has 1 aliphatic carbocycles. The Bertz CT molecular complexity index is 1160. The predicted molar refractivity (Wildman–Crippen MR) is 104 cm³/mol. The normalized spacial score (nSPS) is 13.8. The molecule has 0 amide bonds. The first-order valence-corrected chi connectivity index (χ1v) is 9.23. The van der Waals surface area contributed by atoms with Crippen molar-refractivity contribution in [1.82, 2.24) is 14.5 Å². The van der Waals surface area contributed by atoms with Crippen LogP contribution in [-0.4, -0.2) is 27.6 Å². The number of rotatable bonds is 3. The third-order valence-electron chi connectivity index (χ3n) is 4.33. The van der Waals surface area contributed by atoms with E-state index in [1.807, 2.05) is 28.8 Å². The summed E-state index contributed by atoms with van der Waals surface area (Å²) < 4.78 is 7.94. The van der Waals surface area contributed by atoms with Gasteiger partial charge in [-0.05, 0) is 43.3 Å². The topological polar surface area (TPSA) is 77.0 Å². The minimum Gasteiger partial charge on any atom is -0.465 e. The number of H-pyrrole nitrogens is 1. The van der Waals surface area contributed by atoms with Gasteiger partial charge in [0.25, 0.3) is 5.56 Å². The summed E-state index contributed by atoms with van der Waals surface area (Å²) in [5.41, 5.74) is 1.56. The van der Waals surface area contributed by atoms with Crippen LogP contribution in [0, 0.1) is 4.77 Å². The van der Waals surface area contributed by atoms with Gasteiger partial charge in [-0.25, -0.2) is 9.78 Å². The molecule has 1 fully saturated rings. The van der Waals surface area contributed by atoms with Gasteiger partial charge in [0.15, 0.2) is 4.77 Å². The smallest absolute Gasteiger partial charge is 0.338 e. The molecule has 3 aromatic rings. The monoisotopic (exact) mass is 431 g/mol. The van der Waals surface area contributed by atoms with E-state index >= 15 is 0 Å². The number of nitrogens with one attached hydrogen (secondary N) is 1. The molecule has 4 rings (SSSR count). The Hall–Kier alpha value is -2.32. The fraction of sp³-hybridized carbons (Fsp3) is 0.222. The van der Waals surface area contributed by atoms with Crippen LogP contribution in [0.25, 0.3) is 22.3 Å². The number of carbonyl (C=O) groups is 1. The highest BCUT2D eigenvalue weighted by atomic mass is 79.9. The lowest BCUT2D eigenvalue weighted by Crippen LogP contribution is -2.19. The van der Waals surface area contributed by atoms with E-state index in [4.69, 9.17) is 21.9 Å². The highest BCUT2D eigenvalue weighted by Crippen LogP contribution is 2.37. The fourth-order valence-corrected chi connectivity index (χ4v) is 3.71. The maximum Gasteiger partial charge on any atom is 0.338 e. The first-order chi connectivity index (χ1) is 12.5. The van der Waals surface area contributed by atoms with E-state index in [9.17, 15) is 9.59 Å². The van der Waals surface area contributed by atoms with Crippen molar-refractivity contribution in [2.45, 2.75) is 18.9 Å². The van der Waals surface area contributed by atoms with Gasteiger partial charge in [-0.15, -0.1) is 0 Å². The number of hydrogen-bond acceptors (Lipinski definition) is 5. The summed E-state index contributed by atoms with van der Waals surface area (Å²) in [6.07, 6.45) is 1.93. The van der Waals surface area contributed by atoms with Gasteiger partial charge in [0, 0.05) is 16.1 Å². The van der Waals surface area contributed by atoms with Crippen LogP contribution in [0.15, 0.2) is 39.6 Å². The van der Waals surface area contributed by atoms with Crippen LogP contribution < -0.4 is 5.56 Å². The average Bonchev–Trinajstić information content (AvgIpc) is 3.44. The Balaban J connectivity index is 2.13. The molecule has 0 spiro atoms. The van der Waals surface area contributed by atoms with Gasteiger partial charge in [0.1, 0.15) is 5.65 Å². The summed E-state index contributed by atoms with van der Waals surface area (Å²) in [6.45, 7) is 0. The lowest BCUT2D eigenvalue weighted by molar-refractivity contribution is 0.0603. The quantitative estimate of drug-likeness (QED) is 0.500. The molecule has 1 aromatic carbocycles. The molecule has 0 bridgehead atoms. The molecule has 0 atom stereocenters. The van der Waals surface area contributed by atoms with Crippen molar-refractivity contribution < 1.29 is 9.53 Å². The van der Waals surface area contributed by atoms with Gasteiger partial charge in [-0.3, -0.25) is 14.3 Å². The molecule has 26 heavy (non-hydrogen) atoms. The molecule has 6 nitrogen and oxygen atoms in total. The Labute approximate surface area is 162 Å².